The van der Waals surface area contributed by atoms with Gasteiger partial charge in [-0.25, -0.2) is 9.97 Å². The van der Waals surface area contributed by atoms with Gasteiger partial charge in [0.2, 0.25) is 0 Å². The van der Waals surface area contributed by atoms with E-state index in [4.69, 9.17) is 4.42 Å². The molecular weight excluding hydrogens is 274 g/mol. The molecule has 0 saturated heterocycles. The summed E-state index contributed by atoms with van der Waals surface area (Å²) in [6, 6.07) is 5.19. The van der Waals surface area contributed by atoms with E-state index in [-0.39, 0.29) is 5.91 Å². The van der Waals surface area contributed by atoms with E-state index in [9.17, 15) is 4.79 Å². The second kappa shape index (κ2) is 4.72. The van der Waals surface area contributed by atoms with Crippen molar-refractivity contribution in [2.24, 2.45) is 0 Å². The molecule has 0 aliphatic rings. The van der Waals surface area contributed by atoms with Crippen LogP contribution in [0, 0.1) is 20.8 Å². The van der Waals surface area contributed by atoms with Crippen molar-refractivity contribution in [2.45, 2.75) is 20.8 Å². The van der Waals surface area contributed by atoms with Crippen LogP contribution in [0.5, 0.6) is 0 Å². The minimum Gasteiger partial charge on any atom is -0.441 e. The van der Waals surface area contributed by atoms with Gasteiger partial charge < -0.3 is 4.42 Å². The van der Waals surface area contributed by atoms with Gasteiger partial charge in [0.25, 0.3) is 5.91 Å². The number of nitrogens with zero attached hydrogens (tertiary/aromatic N) is 2. The van der Waals surface area contributed by atoms with Gasteiger partial charge in [-0.3, -0.25) is 10.1 Å². The molecule has 0 aliphatic heterocycles. The second-order valence-corrected chi connectivity index (χ2v) is 5.73. The van der Waals surface area contributed by atoms with E-state index < -0.39 is 0 Å². The van der Waals surface area contributed by atoms with Crippen molar-refractivity contribution in [1.82, 2.24) is 9.97 Å². The van der Waals surface area contributed by atoms with Gasteiger partial charge in [0.05, 0.1) is 5.69 Å². The van der Waals surface area contributed by atoms with Crippen molar-refractivity contribution in [3.63, 3.8) is 0 Å². The number of rotatable bonds is 2. The number of anilines is 1. The minimum atomic E-state index is -0.193. The second-order valence-electron chi connectivity index (χ2n) is 4.53. The molecule has 1 amide bonds. The van der Waals surface area contributed by atoms with Crippen LogP contribution in [0.3, 0.4) is 0 Å². The molecule has 0 saturated carbocycles. The Kier molecular flexibility index (Phi) is 3.02. The number of aromatic nitrogens is 2. The fraction of sp³-hybridized carbons (Fsp3) is 0.214. The quantitative estimate of drug-likeness (QED) is 0.783. The number of hydrogen-bond acceptors (Lipinski definition) is 5. The Labute approximate surface area is 119 Å². The summed E-state index contributed by atoms with van der Waals surface area (Å²) in [5, 5.41) is 3.41. The van der Waals surface area contributed by atoms with E-state index in [0.717, 1.165) is 10.6 Å². The summed E-state index contributed by atoms with van der Waals surface area (Å²) >= 11 is 1.47. The summed E-state index contributed by atoms with van der Waals surface area (Å²) in [5.74, 6) is 0.394. The van der Waals surface area contributed by atoms with E-state index >= 15 is 0 Å². The third-order valence-corrected chi connectivity index (χ3v) is 3.99. The zero-order chi connectivity index (χ0) is 14.3. The zero-order valence-electron chi connectivity index (χ0n) is 11.4. The van der Waals surface area contributed by atoms with Gasteiger partial charge in [-0.1, -0.05) is 0 Å². The van der Waals surface area contributed by atoms with Crippen molar-refractivity contribution >= 4 is 33.5 Å². The number of amides is 1. The molecule has 5 nitrogen and oxygen atoms in total. The highest BCUT2D eigenvalue weighted by atomic mass is 32.1. The number of oxazole rings is 1. The van der Waals surface area contributed by atoms with Gasteiger partial charge in [0.15, 0.2) is 16.6 Å². The SMILES string of the molecule is Cc1nc2cc(C(=O)Nc3nc(C)c(C)s3)ccc2o1. The van der Waals surface area contributed by atoms with Gasteiger partial charge in [-0.05, 0) is 32.0 Å². The molecule has 0 fully saturated rings. The van der Waals surface area contributed by atoms with Gasteiger partial charge in [-0.2, -0.15) is 0 Å². The predicted molar refractivity (Wildman–Crippen MR) is 78.3 cm³/mol. The van der Waals surface area contributed by atoms with Gasteiger partial charge in [0.1, 0.15) is 5.52 Å². The Morgan fingerprint density at radius 2 is 2.05 bits per heavy atom. The number of nitrogens with one attached hydrogen (secondary N) is 1. The first kappa shape index (κ1) is 12.8. The number of thiazole rings is 1. The van der Waals surface area contributed by atoms with Crippen LogP contribution in [0.1, 0.15) is 26.8 Å². The van der Waals surface area contributed by atoms with Crippen molar-refractivity contribution in [3.05, 3.63) is 40.2 Å². The largest absolute Gasteiger partial charge is 0.441 e. The maximum atomic E-state index is 12.2. The average Bonchev–Trinajstić information content (AvgIpc) is 2.90. The van der Waals surface area contributed by atoms with Crippen LogP contribution in [-0.2, 0) is 0 Å². The van der Waals surface area contributed by atoms with Crippen molar-refractivity contribution < 1.29 is 9.21 Å². The first-order chi connectivity index (χ1) is 9.52. The highest BCUT2D eigenvalue weighted by Crippen LogP contribution is 2.22. The molecule has 0 atom stereocenters. The van der Waals surface area contributed by atoms with Crippen LogP contribution >= 0.6 is 11.3 Å². The van der Waals surface area contributed by atoms with E-state index in [1.54, 1.807) is 25.1 Å². The zero-order valence-corrected chi connectivity index (χ0v) is 12.2. The Bertz CT molecular complexity index is 784. The molecule has 0 radical (unpaired) electrons. The van der Waals surface area contributed by atoms with Crippen LogP contribution in [-0.4, -0.2) is 15.9 Å². The number of aryl methyl sites for hydroxylation is 3. The van der Waals surface area contributed by atoms with E-state index in [1.165, 1.54) is 11.3 Å². The summed E-state index contributed by atoms with van der Waals surface area (Å²) in [7, 11) is 0. The first-order valence-corrected chi connectivity index (χ1v) is 6.97. The fourth-order valence-corrected chi connectivity index (χ4v) is 2.69. The summed E-state index contributed by atoms with van der Waals surface area (Å²) in [5.41, 5.74) is 2.84. The van der Waals surface area contributed by atoms with Crippen LogP contribution < -0.4 is 5.32 Å². The normalized spacial score (nSPS) is 10.9. The van der Waals surface area contributed by atoms with Crippen LogP contribution in [0.4, 0.5) is 5.13 Å². The third-order valence-electron chi connectivity index (χ3n) is 3.01. The Balaban J connectivity index is 1.88. The molecule has 6 heteroatoms. The lowest BCUT2D eigenvalue weighted by molar-refractivity contribution is 0.102. The molecule has 20 heavy (non-hydrogen) atoms. The fourth-order valence-electron chi connectivity index (χ4n) is 1.88. The minimum absolute atomic E-state index is 0.193. The van der Waals surface area contributed by atoms with E-state index in [0.29, 0.717) is 27.7 Å². The molecule has 0 aliphatic carbocycles. The Morgan fingerprint density at radius 1 is 1.25 bits per heavy atom. The van der Waals surface area contributed by atoms with E-state index in [1.807, 2.05) is 13.8 Å². The van der Waals surface area contributed by atoms with Gasteiger partial charge in [0, 0.05) is 17.4 Å². The summed E-state index contributed by atoms with van der Waals surface area (Å²) in [6.45, 7) is 5.68. The lowest BCUT2D eigenvalue weighted by atomic mass is 10.2. The summed E-state index contributed by atoms with van der Waals surface area (Å²) in [4.78, 5) is 21.8. The molecule has 0 spiro atoms. The molecule has 2 heterocycles. The molecule has 2 aromatic heterocycles. The maximum Gasteiger partial charge on any atom is 0.257 e. The van der Waals surface area contributed by atoms with Crippen molar-refractivity contribution in [3.8, 4) is 0 Å². The third kappa shape index (κ3) is 2.30. The highest BCUT2D eigenvalue weighted by Gasteiger charge is 2.12. The first-order valence-electron chi connectivity index (χ1n) is 6.15. The van der Waals surface area contributed by atoms with Crippen LogP contribution in [0.2, 0.25) is 0 Å². The maximum absolute atomic E-state index is 12.2. The number of carbonyl (C=O) groups is 1. The monoisotopic (exact) mass is 287 g/mol. The molecule has 3 rings (SSSR count). The number of fused-ring (bicyclic) bond motifs is 1. The van der Waals surface area contributed by atoms with Crippen LogP contribution in [0.15, 0.2) is 22.6 Å². The van der Waals surface area contributed by atoms with Crippen molar-refractivity contribution in [2.75, 3.05) is 5.32 Å². The topological polar surface area (TPSA) is 68.0 Å². The lowest BCUT2D eigenvalue weighted by Gasteiger charge is -2.00. The molecular formula is C14H13N3O2S. The number of carbonyl (C=O) groups excluding carboxylic acids is 1. The lowest BCUT2D eigenvalue weighted by Crippen LogP contribution is -2.11. The van der Waals surface area contributed by atoms with Gasteiger partial charge >= 0.3 is 0 Å². The smallest absolute Gasteiger partial charge is 0.257 e. The average molecular weight is 287 g/mol. The molecule has 0 unspecified atom stereocenters. The molecule has 3 aromatic rings. The highest BCUT2D eigenvalue weighted by molar-refractivity contribution is 7.15. The molecule has 1 aromatic carbocycles. The van der Waals surface area contributed by atoms with Crippen molar-refractivity contribution in [1.29, 1.82) is 0 Å². The summed E-state index contributed by atoms with van der Waals surface area (Å²) in [6.07, 6.45) is 0. The molecule has 1 N–H and O–H groups in total. The van der Waals surface area contributed by atoms with E-state index in [2.05, 4.69) is 15.3 Å². The van der Waals surface area contributed by atoms with Crippen LogP contribution in [0.25, 0.3) is 11.1 Å². The number of benzene rings is 1. The molecule has 0 bridgehead atoms. The molecule has 102 valence electrons. The van der Waals surface area contributed by atoms with Gasteiger partial charge in [-0.15, -0.1) is 11.3 Å². The Hall–Kier alpha value is -2.21. The predicted octanol–water partition coefficient (Wildman–Crippen LogP) is 3.46. The Morgan fingerprint density at radius 3 is 2.75 bits per heavy atom. The number of hydrogen-bond donors (Lipinski definition) is 1. The summed E-state index contributed by atoms with van der Waals surface area (Å²) < 4.78 is 5.39. The standard InChI is InChI=1S/C14H13N3O2S/c1-7-8(2)20-14(15-7)17-13(18)10-4-5-12-11(6-10)16-9(3)19-12/h4-6H,1-3H3,(H,15,17,18).